The normalized spacial score (nSPS) is 24.3. The van der Waals surface area contributed by atoms with Gasteiger partial charge >= 0.3 is 0 Å². The number of nitrogens with one attached hydrogen (secondary N) is 1. The van der Waals surface area contributed by atoms with E-state index in [1.165, 1.54) is 41.5 Å². The fraction of sp³-hybridized carbons (Fsp3) is 0.467. The van der Waals surface area contributed by atoms with Crippen LogP contribution in [0.3, 0.4) is 0 Å². The molecule has 1 aromatic carbocycles. The molecule has 3 N–H and O–H groups in total. The van der Waals surface area contributed by atoms with Crippen LogP contribution in [-0.2, 0) is 0 Å². The Balaban J connectivity index is 1.59. The predicted molar refractivity (Wildman–Crippen MR) is 80.2 cm³/mol. The molecule has 0 unspecified atom stereocenters. The predicted octanol–water partition coefficient (Wildman–Crippen LogP) is 3.83. The maximum Gasteiger partial charge on any atom is 0.0363 e. The molecule has 0 spiro atoms. The lowest BCUT2D eigenvalue weighted by Crippen LogP contribution is -2.29. The molecule has 0 amide bonds. The Bertz CT molecular complexity index is 512. The summed E-state index contributed by atoms with van der Waals surface area (Å²) >= 11 is 1.81. The number of hydrogen-bond acceptors (Lipinski definition) is 3. The fourth-order valence-corrected chi connectivity index (χ4v) is 3.55. The highest BCUT2D eigenvalue weighted by Crippen LogP contribution is 2.26. The topological polar surface area (TPSA) is 38.0 Å². The Kier molecular flexibility index (Phi) is 3.52. The first-order chi connectivity index (χ1) is 8.81. The molecule has 1 heterocycles. The zero-order valence-corrected chi connectivity index (χ0v) is 11.4. The van der Waals surface area contributed by atoms with E-state index in [0.29, 0.717) is 6.04 Å². The summed E-state index contributed by atoms with van der Waals surface area (Å²) in [4.78, 5) is 0. The molecule has 18 heavy (non-hydrogen) atoms. The molecule has 96 valence electrons. The Morgan fingerprint density at radius 2 is 2.00 bits per heavy atom. The van der Waals surface area contributed by atoms with Gasteiger partial charge in [-0.2, -0.15) is 0 Å². The van der Waals surface area contributed by atoms with Crippen LogP contribution in [-0.4, -0.2) is 12.6 Å². The van der Waals surface area contributed by atoms with Crippen molar-refractivity contribution in [3.63, 3.8) is 0 Å². The minimum absolute atomic E-state index is 0.448. The van der Waals surface area contributed by atoms with Gasteiger partial charge in [-0.3, -0.25) is 0 Å². The fourth-order valence-electron chi connectivity index (χ4n) is 2.72. The van der Waals surface area contributed by atoms with Crippen molar-refractivity contribution in [1.29, 1.82) is 0 Å². The van der Waals surface area contributed by atoms with Gasteiger partial charge in [0, 0.05) is 23.0 Å². The highest BCUT2D eigenvalue weighted by Gasteiger charge is 2.17. The van der Waals surface area contributed by atoms with Crippen molar-refractivity contribution in [2.45, 2.75) is 31.7 Å². The largest absolute Gasteiger partial charge is 0.385 e. The average Bonchev–Trinajstić information content (AvgIpc) is 2.85. The first-order valence-electron chi connectivity index (χ1n) is 6.78. The van der Waals surface area contributed by atoms with Crippen LogP contribution in [0.1, 0.15) is 25.7 Å². The van der Waals surface area contributed by atoms with Gasteiger partial charge in [0.2, 0.25) is 0 Å². The Morgan fingerprint density at radius 3 is 2.83 bits per heavy atom. The number of fused-ring (bicyclic) bond motifs is 1. The second-order valence-electron chi connectivity index (χ2n) is 5.33. The zero-order chi connectivity index (χ0) is 12.4. The van der Waals surface area contributed by atoms with Gasteiger partial charge in [0.05, 0.1) is 0 Å². The monoisotopic (exact) mass is 260 g/mol. The maximum absolute atomic E-state index is 5.94. The zero-order valence-electron chi connectivity index (χ0n) is 10.6. The number of benzene rings is 1. The van der Waals surface area contributed by atoms with Crippen LogP contribution in [0.15, 0.2) is 29.6 Å². The SMILES string of the molecule is N[C@H]1CC[C@H](CNc2ccc3ccsc3c2)CC1. The molecule has 1 fully saturated rings. The number of thiophene rings is 1. The molecule has 0 bridgehead atoms. The Labute approximate surface area is 112 Å². The van der Waals surface area contributed by atoms with Crippen molar-refractivity contribution in [2.75, 3.05) is 11.9 Å². The second-order valence-corrected chi connectivity index (χ2v) is 6.28. The van der Waals surface area contributed by atoms with E-state index in [4.69, 9.17) is 5.73 Å². The maximum atomic E-state index is 5.94. The van der Waals surface area contributed by atoms with Crippen molar-refractivity contribution >= 4 is 27.1 Å². The molecule has 1 aromatic heterocycles. The summed E-state index contributed by atoms with van der Waals surface area (Å²) in [7, 11) is 0. The van der Waals surface area contributed by atoms with Gasteiger partial charge in [-0.15, -0.1) is 11.3 Å². The van der Waals surface area contributed by atoms with Gasteiger partial charge in [-0.05, 0) is 60.6 Å². The van der Waals surface area contributed by atoms with Crippen molar-refractivity contribution < 1.29 is 0 Å². The molecule has 0 aliphatic heterocycles. The number of anilines is 1. The van der Waals surface area contributed by atoms with E-state index in [1.807, 2.05) is 0 Å². The van der Waals surface area contributed by atoms with E-state index < -0.39 is 0 Å². The minimum Gasteiger partial charge on any atom is -0.385 e. The Morgan fingerprint density at radius 1 is 1.17 bits per heavy atom. The molecular weight excluding hydrogens is 240 g/mol. The second kappa shape index (κ2) is 5.29. The van der Waals surface area contributed by atoms with Crippen molar-refractivity contribution in [3.05, 3.63) is 29.6 Å². The summed E-state index contributed by atoms with van der Waals surface area (Å²) < 4.78 is 1.37. The van der Waals surface area contributed by atoms with Gasteiger partial charge in [-0.1, -0.05) is 6.07 Å². The van der Waals surface area contributed by atoms with Crippen LogP contribution in [0.2, 0.25) is 0 Å². The van der Waals surface area contributed by atoms with Crippen LogP contribution in [0, 0.1) is 5.92 Å². The van der Waals surface area contributed by atoms with E-state index in [-0.39, 0.29) is 0 Å². The quantitative estimate of drug-likeness (QED) is 0.880. The van der Waals surface area contributed by atoms with E-state index in [1.54, 1.807) is 11.3 Å². The average molecular weight is 260 g/mol. The molecule has 2 aromatic rings. The number of hydrogen-bond donors (Lipinski definition) is 2. The van der Waals surface area contributed by atoms with Crippen LogP contribution in [0.5, 0.6) is 0 Å². The van der Waals surface area contributed by atoms with E-state index in [9.17, 15) is 0 Å². The summed E-state index contributed by atoms with van der Waals surface area (Å²) in [6.07, 6.45) is 4.93. The van der Waals surface area contributed by atoms with E-state index in [2.05, 4.69) is 35.0 Å². The van der Waals surface area contributed by atoms with Gasteiger partial charge in [-0.25, -0.2) is 0 Å². The third-order valence-corrected chi connectivity index (χ3v) is 4.82. The Hall–Kier alpha value is -1.06. The molecule has 1 aliphatic carbocycles. The highest BCUT2D eigenvalue weighted by atomic mass is 32.1. The van der Waals surface area contributed by atoms with Gasteiger partial charge in [0.25, 0.3) is 0 Å². The van der Waals surface area contributed by atoms with Crippen molar-refractivity contribution in [3.8, 4) is 0 Å². The minimum atomic E-state index is 0.448. The molecule has 3 heteroatoms. The van der Waals surface area contributed by atoms with Crippen LogP contribution in [0.25, 0.3) is 10.1 Å². The summed E-state index contributed by atoms with van der Waals surface area (Å²) in [6, 6.07) is 9.26. The molecule has 0 atom stereocenters. The lowest BCUT2D eigenvalue weighted by molar-refractivity contribution is 0.339. The molecule has 1 saturated carbocycles. The third kappa shape index (κ3) is 2.68. The summed E-state index contributed by atoms with van der Waals surface area (Å²) in [5.74, 6) is 0.795. The lowest BCUT2D eigenvalue weighted by atomic mass is 9.86. The summed E-state index contributed by atoms with van der Waals surface area (Å²) in [5.41, 5.74) is 7.19. The molecule has 1 aliphatic rings. The first-order valence-corrected chi connectivity index (χ1v) is 7.66. The lowest BCUT2D eigenvalue weighted by Gasteiger charge is -2.26. The van der Waals surface area contributed by atoms with Crippen LogP contribution >= 0.6 is 11.3 Å². The van der Waals surface area contributed by atoms with Crippen molar-refractivity contribution in [2.24, 2.45) is 11.7 Å². The standard InChI is InChI=1S/C15H20N2S/c16-13-4-1-11(2-5-13)10-17-14-6-3-12-7-8-18-15(12)9-14/h3,6-9,11,13,17H,1-2,4-5,10,16H2/t11-,13-. The summed E-state index contributed by atoms with van der Waals surface area (Å²) in [6.45, 7) is 1.09. The van der Waals surface area contributed by atoms with Crippen LogP contribution < -0.4 is 11.1 Å². The van der Waals surface area contributed by atoms with E-state index >= 15 is 0 Å². The number of rotatable bonds is 3. The first kappa shape index (κ1) is 12.0. The number of nitrogens with two attached hydrogens (primary N) is 1. The van der Waals surface area contributed by atoms with Crippen LogP contribution in [0.4, 0.5) is 5.69 Å². The summed E-state index contributed by atoms with van der Waals surface area (Å²) in [5, 5.41) is 7.07. The molecule has 0 radical (unpaired) electrons. The van der Waals surface area contributed by atoms with Gasteiger partial charge in [0.15, 0.2) is 0 Å². The smallest absolute Gasteiger partial charge is 0.0363 e. The molecule has 2 nitrogen and oxygen atoms in total. The van der Waals surface area contributed by atoms with E-state index in [0.717, 1.165) is 12.5 Å². The molecule has 0 saturated heterocycles. The third-order valence-electron chi connectivity index (χ3n) is 3.94. The van der Waals surface area contributed by atoms with Gasteiger partial charge < -0.3 is 11.1 Å². The highest BCUT2D eigenvalue weighted by molar-refractivity contribution is 7.17. The van der Waals surface area contributed by atoms with Gasteiger partial charge in [0.1, 0.15) is 0 Å². The molecular formula is C15H20N2S. The molecule has 3 rings (SSSR count). The van der Waals surface area contributed by atoms with Crippen molar-refractivity contribution in [1.82, 2.24) is 0 Å².